The maximum atomic E-state index is 13.5. The highest BCUT2D eigenvalue weighted by Gasteiger charge is 2.36. The summed E-state index contributed by atoms with van der Waals surface area (Å²) in [5.41, 5.74) is 1.25. The Balaban J connectivity index is 0.000000143. The molecule has 0 bridgehead atoms. The lowest BCUT2D eigenvalue weighted by atomic mass is 10.1. The lowest BCUT2D eigenvalue weighted by Gasteiger charge is -2.36. The molecule has 14 rings (SSSR count). The molecule has 8 heterocycles. The molecule has 3 aliphatic heterocycles. The first-order valence-corrected chi connectivity index (χ1v) is 34.1. The fourth-order valence-corrected chi connectivity index (χ4v) is 14.5. The molecule has 11 aromatic rings. The highest BCUT2D eigenvalue weighted by atomic mass is 35.5. The van der Waals surface area contributed by atoms with Gasteiger partial charge < -0.3 is 38.7 Å². The van der Waals surface area contributed by atoms with Crippen LogP contribution in [0.5, 0.6) is 5.75 Å². The van der Waals surface area contributed by atoms with Crippen LogP contribution >= 0.6 is 34.3 Å². The maximum absolute atomic E-state index is 13.5. The fraction of sp³-hybridized carbons (Fsp3) is 0.222. The number of halogens is 2. The molecule has 3 amide bonds. The topological polar surface area (TPSA) is 275 Å². The summed E-state index contributed by atoms with van der Waals surface area (Å²) < 4.78 is 22.6. The first kappa shape index (κ1) is 69.3. The van der Waals surface area contributed by atoms with Crippen LogP contribution in [0.4, 0.5) is 38.5 Å². The van der Waals surface area contributed by atoms with Gasteiger partial charge in [-0.05, 0) is 101 Å². The van der Waals surface area contributed by atoms with E-state index in [1.165, 1.54) is 55.6 Å². The van der Waals surface area contributed by atoms with Crippen molar-refractivity contribution in [3.8, 4) is 5.75 Å². The molecular formula is C72H64ClFN12O13S2. The predicted molar refractivity (Wildman–Crippen MR) is 388 cm³/mol. The molecule has 0 saturated carbocycles. The van der Waals surface area contributed by atoms with Crippen molar-refractivity contribution in [3.63, 3.8) is 0 Å². The average Bonchev–Trinajstić information content (AvgIpc) is 1.18. The molecule has 0 aliphatic carbocycles. The number of para-hydroxylation sites is 2. The normalized spacial score (nSPS) is 13.9. The summed E-state index contributed by atoms with van der Waals surface area (Å²) >= 11 is 8.94. The van der Waals surface area contributed by atoms with Crippen molar-refractivity contribution < 1.29 is 38.3 Å². The maximum Gasteiger partial charge on any atom is 0.357 e. The van der Waals surface area contributed by atoms with Gasteiger partial charge in [-0.25, -0.2) is 4.39 Å². The van der Waals surface area contributed by atoms with Crippen molar-refractivity contribution in [3.05, 3.63) is 279 Å². The summed E-state index contributed by atoms with van der Waals surface area (Å²) in [4.78, 5) is 124. The minimum absolute atomic E-state index is 0.0349. The molecule has 25 nitrogen and oxygen atoms in total. The zero-order valence-corrected chi connectivity index (χ0v) is 56.9. The molecule has 0 radical (unpaired) electrons. The van der Waals surface area contributed by atoms with Crippen LogP contribution < -0.4 is 36.1 Å². The number of pyridine rings is 3. The lowest BCUT2D eigenvalue weighted by Crippen LogP contribution is -2.49. The number of fused-ring (bicyclic) bond motifs is 3. The molecule has 6 aromatic carbocycles. The smallest absolute Gasteiger partial charge is 0.357 e. The van der Waals surface area contributed by atoms with Crippen molar-refractivity contribution in [1.29, 1.82) is 0 Å². The van der Waals surface area contributed by atoms with Crippen molar-refractivity contribution in [2.45, 2.75) is 13.1 Å². The molecule has 3 saturated heterocycles. The van der Waals surface area contributed by atoms with Gasteiger partial charge in [0.1, 0.15) is 28.6 Å². The van der Waals surface area contributed by atoms with Gasteiger partial charge in [-0.15, -0.1) is 22.7 Å². The van der Waals surface area contributed by atoms with E-state index in [0.717, 1.165) is 5.56 Å². The molecule has 0 spiro atoms. The second-order valence-corrected chi connectivity index (χ2v) is 26.2. The molecule has 0 N–H and O–H groups in total. The van der Waals surface area contributed by atoms with Crippen LogP contribution in [0.2, 0.25) is 5.02 Å². The third-order valence-corrected chi connectivity index (χ3v) is 19.9. The number of thiophene rings is 2. The fourth-order valence-electron chi connectivity index (χ4n) is 13.0. The Morgan fingerprint density at radius 2 is 0.871 bits per heavy atom. The van der Waals surface area contributed by atoms with Crippen LogP contribution in [0, 0.1) is 36.2 Å². The van der Waals surface area contributed by atoms with Crippen LogP contribution in [0.15, 0.2) is 195 Å². The number of ether oxygens (including phenoxy) is 1. The summed E-state index contributed by atoms with van der Waals surface area (Å²) in [5.74, 6) is 0.0403. The van der Waals surface area contributed by atoms with Gasteiger partial charge in [-0.3, -0.25) is 68.2 Å². The average molecular weight is 1420 g/mol. The van der Waals surface area contributed by atoms with Gasteiger partial charge in [-0.1, -0.05) is 103 Å². The number of piperazine rings is 3. The van der Waals surface area contributed by atoms with E-state index < -0.39 is 54.3 Å². The lowest BCUT2D eigenvalue weighted by molar-refractivity contribution is -0.385. The quantitative estimate of drug-likeness (QED) is 0.0722. The Morgan fingerprint density at radius 1 is 0.465 bits per heavy atom. The number of aryl methyl sites for hydroxylation is 1. The van der Waals surface area contributed by atoms with Gasteiger partial charge in [0, 0.05) is 112 Å². The summed E-state index contributed by atoms with van der Waals surface area (Å²) in [7, 11) is 3.06. The minimum atomic E-state index is -0.717. The van der Waals surface area contributed by atoms with Gasteiger partial charge >= 0.3 is 33.7 Å². The van der Waals surface area contributed by atoms with Gasteiger partial charge in [0.05, 0.1) is 61.3 Å². The van der Waals surface area contributed by atoms with Crippen molar-refractivity contribution in [2.24, 2.45) is 7.05 Å². The number of anilines is 3. The molecular weight excluding hydrogens is 1360 g/mol. The summed E-state index contributed by atoms with van der Waals surface area (Å²) in [6, 6.07) is 48.5. The van der Waals surface area contributed by atoms with E-state index in [1.807, 2.05) is 87.3 Å². The minimum Gasteiger partial charge on any atom is -0.497 e. The molecule has 516 valence electrons. The van der Waals surface area contributed by atoms with Crippen molar-refractivity contribution >= 4 is 119 Å². The number of nitro groups is 3. The van der Waals surface area contributed by atoms with Crippen molar-refractivity contribution in [2.75, 3.05) is 100 Å². The zero-order valence-electron chi connectivity index (χ0n) is 54.5. The molecule has 5 aromatic heterocycles. The third-order valence-electron chi connectivity index (χ3n) is 18.0. The van der Waals surface area contributed by atoms with Crippen LogP contribution in [-0.2, 0) is 20.1 Å². The Morgan fingerprint density at radius 3 is 1.30 bits per heavy atom. The van der Waals surface area contributed by atoms with E-state index in [1.54, 1.807) is 118 Å². The standard InChI is InChI=1S/C25H21FN4O4S.C25H22N4O4S.C22H21ClN4O5/c26-18-9-7-17(8-10-18)16-29-20-5-2-1-4-19(20)22(23(25(29)32)30(33)34)27-11-13-28(14-12-27)24(31)21-6-3-15-35-21;30-24(21-11-6-16-34-21)27-14-12-26(13-15-27)22-19-9-4-5-10-20(19)28(25(31)23(22)29(32)33)17-18-7-2-1-3-8-18;1-24-18-8-5-15(23)13-17(18)19(20(22(24)29)27(30)31)25-9-11-26(12-10-25)21(28)14-3-6-16(32-2)7-4-14/h1-10,15H,11-14,16H2;1-11,16H,12-15,17H2;3-8,13H,9-12H2,1-2H3. The number of hydrogen-bond donors (Lipinski definition) is 0. The van der Waals surface area contributed by atoms with Gasteiger partial charge in [0.15, 0.2) is 0 Å². The highest BCUT2D eigenvalue weighted by Crippen LogP contribution is 2.39. The monoisotopic (exact) mass is 1420 g/mol. The number of nitrogens with zero attached hydrogens (tertiary/aromatic N) is 12. The second-order valence-electron chi connectivity index (χ2n) is 23.8. The van der Waals surface area contributed by atoms with Gasteiger partial charge in [0.2, 0.25) is 0 Å². The number of carbonyl (C=O) groups excluding carboxylic acids is 3. The molecule has 0 atom stereocenters. The second kappa shape index (κ2) is 30.2. The number of benzene rings is 6. The van der Waals surface area contributed by atoms with E-state index in [2.05, 4.69) is 0 Å². The zero-order chi connectivity index (χ0) is 71.2. The number of hydrogen-bond acceptors (Lipinski definition) is 18. The predicted octanol–water partition coefficient (Wildman–Crippen LogP) is 11.2. The Kier molecular flexibility index (Phi) is 20.7. The van der Waals surface area contributed by atoms with Crippen LogP contribution in [-0.4, -0.2) is 147 Å². The Hall–Kier alpha value is -11.6. The van der Waals surface area contributed by atoms with E-state index >= 15 is 0 Å². The number of rotatable bonds is 14. The summed E-state index contributed by atoms with van der Waals surface area (Å²) in [5, 5.41) is 42.1. The largest absolute Gasteiger partial charge is 0.497 e. The summed E-state index contributed by atoms with van der Waals surface area (Å²) in [6.45, 7) is 4.90. The Bertz CT molecular complexity index is 5150. The first-order valence-electron chi connectivity index (χ1n) is 32.0. The number of methoxy groups -OCH3 is 1. The van der Waals surface area contributed by atoms with E-state index in [9.17, 15) is 63.5 Å². The van der Waals surface area contributed by atoms with Gasteiger partial charge in [-0.2, -0.15) is 0 Å². The first-order chi connectivity index (χ1) is 48.8. The number of aromatic nitrogens is 3. The van der Waals surface area contributed by atoms with E-state index in [4.69, 9.17) is 16.3 Å². The molecule has 3 fully saturated rings. The Labute approximate surface area is 587 Å². The van der Waals surface area contributed by atoms with E-state index in [-0.39, 0.29) is 42.2 Å². The summed E-state index contributed by atoms with van der Waals surface area (Å²) in [6.07, 6.45) is 0. The number of carbonyl (C=O) groups is 3. The van der Waals surface area contributed by atoms with Gasteiger partial charge in [0.25, 0.3) is 17.7 Å². The molecule has 29 heteroatoms. The van der Waals surface area contributed by atoms with Crippen LogP contribution in [0.3, 0.4) is 0 Å². The molecule has 3 aliphatic rings. The van der Waals surface area contributed by atoms with E-state index in [0.29, 0.717) is 149 Å². The molecule has 101 heavy (non-hydrogen) atoms. The van der Waals surface area contributed by atoms with Crippen molar-refractivity contribution in [1.82, 2.24) is 28.4 Å². The third kappa shape index (κ3) is 14.5. The molecule has 0 unspecified atom stereocenters. The van der Waals surface area contributed by atoms with Crippen LogP contribution in [0.25, 0.3) is 32.7 Å². The SMILES string of the molecule is COc1ccc(C(=O)N2CCN(c3c([N+](=O)[O-])c(=O)n(C)c4ccc(Cl)cc34)CC2)cc1.O=C(c1cccs1)N1CCN(c2c([N+](=O)[O-])c(=O)n(Cc3ccc(F)cc3)c3ccccc23)CC1.O=C(c1cccs1)N1CCN(c2c([N+](=O)[O-])c(=O)n(Cc3ccccc3)c3ccccc23)CC1. The highest BCUT2D eigenvalue weighted by molar-refractivity contribution is 7.12. The van der Waals surface area contributed by atoms with Crippen LogP contribution in [0.1, 0.15) is 40.8 Å². The number of amides is 3.